The number of aryl methyl sites for hydroxylation is 1. The fourth-order valence-electron chi connectivity index (χ4n) is 2.29. The molecule has 0 aliphatic carbocycles. The van der Waals surface area contributed by atoms with Gasteiger partial charge in [-0.25, -0.2) is 0 Å². The average molecular weight is 248 g/mol. The molecule has 2 N–H and O–H groups in total. The molecule has 1 saturated heterocycles. The van der Waals surface area contributed by atoms with Gasteiger partial charge in [-0.05, 0) is 38.4 Å². The molecule has 1 atom stereocenters. The molecule has 1 unspecified atom stereocenters. The molecule has 0 aromatic heterocycles. The van der Waals surface area contributed by atoms with Gasteiger partial charge in [-0.15, -0.1) is 0 Å². The standard InChI is InChI=1S/C15H24N2O/c1-13-3-2-4-14(11-13)5-7-16-8-6-15-12-17-9-10-18-15/h2-4,11,15-17H,5-10,12H2,1H3. The largest absolute Gasteiger partial charge is 0.376 e. The third kappa shape index (κ3) is 4.77. The van der Waals surface area contributed by atoms with Crippen LogP contribution in [-0.2, 0) is 11.2 Å². The van der Waals surface area contributed by atoms with E-state index in [9.17, 15) is 0 Å². The van der Waals surface area contributed by atoms with Crippen molar-refractivity contribution in [2.75, 3.05) is 32.8 Å². The van der Waals surface area contributed by atoms with Gasteiger partial charge in [-0.1, -0.05) is 29.8 Å². The van der Waals surface area contributed by atoms with Crippen molar-refractivity contribution in [1.29, 1.82) is 0 Å². The Bertz CT molecular complexity index is 348. The zero-order valence-corrected chi connectivity index (χ0v) is 11.2. The minimum absolute atomic E-state index is 0.394. The SMILES string of the molecule is Cc1cccc(CCNCCC2CNCCO2)c1. The van der Waals surface area contributed by atoms with Crippen molar-refractivity contribution in [3.63, 3.8) is 0 Å². The predicted octanol–water partition coefficient (Wildman–Crippen LogP) is 1.51. The second kappa shape index (κ2) is 7.52. The van der Waals surface area contributed by atoms with Gasteiger partial charge in [0.2, 0.25) is 0 Å². The zero-order chi connectivity index (χ0) is 12.6. The average Bonchev–Trinajstić information content (AvgIpc) is 2.40. The quantitative estimate of drug-likeness (QED) is 0.749. The van der Waals surface area contributed by atoms with Gasteiger partial charge in [0.15, 0.2) is 0 Å². The lowest BCUT2D eigenvalue weighted by molar-refractivity contribution is 0.0239. The van der Waals surface area contributed by atoms with Crippen molar-refractivity contribution in [2.24, 2.45) is 0 Å². The van der Waals surface area contributed by atoms with E-state index in [4.69, 9.17) is 4.74 Å². The molecule has 1 aliphatic rings. The fourth-order valence-corrected chi connectivity index (χ4v) is 2.29. The maximum atomic E-state index is 5.66. The minimum Gasteiger partial charge on any atom is -0.376 e. The summed E-state index contributed by atoms with van der Waals surface area (Å²) in [7, 11) is 0. The van der Waals surface area contributed by atoms with Crippen LogP contribution in [0.3, 0.4) is 0 Å². The first-order valence-corrected chi connectivity index (χ1v) is 6.93. The maximum absolute atomic E-state index is 5.66. The van der Waals surface area contributed by atoms with E-state index in [0.717, 1.165) is 45.6 Å². The smallest absolute Gasteiger partial charge is 0.0712 e. The lowest BCUT2D eigenvalue weighted by Crippen LogP contribution is -2.40. The summed E-state index contributed by atoms with van der Waals surface area (Å²) in [6.45, 7) is 7.08. The van der Waals surface area contributed by atoms with E-state index in [0.29, 0.717) is 6.10 Å². The van der Waals surface area contributed by atoms with Gasteiger partial charge in [0.05, 0.1) is 12.7 Å². The molecule has 0 saturated carbocycles. The van der Waals surface area contributed by atoms with Gasteiger partial charge < -0.3 is 15.4 Å². The Morgan fingerprint density at radius 3 is 3.11 bits per heavy atom. The first-order chi connectivity index (χ1) is 8.84. The molecule has 1 fully saturated rings. The molecule has 0 spiro atoms. The normalized spacial score (nSPS) is 19.9. The first kappa shape index (κ1) is 13.5. The van der Waals surface area contributed by atoms with Crippen LogP contribution in [0.5, 0.6) is 0 Å². The van der Waals surface area contributed by atoms with Crippen LogP contribution in [0.15, 0.2) is 24.3 Å². The van der Waals surface area contributed by atoms with Crippen LogP contribution in [-0.4, -0.2) is 38.9 Å². The highest BCUT2D eigenvalue weighted by Crippen LogP contribution is 2.04. The first-order valence-electron chi connectivity index (χ1n) is 6.93. The third-order valence-corrected chi connectivity index (χ3v) is 3.32. The highest BCUT2D eigenvalue weighted by molar-refractivity contribution is 5.22. The lowest BCUT2D eigenvalue weighted by atomic mass is 10.1. The molecular formula is C15H24N2O. The molecule has 0 amide bonds. The Morgan fingerprint density at radius 1 is 1.39 bits per heavy atom. The number of morpholine rings is 1. The van der Waals surface area contributed by atoms with Gasteiger partial charge in [0.1, 0.15) is 0 Å². The van der Waals surface area contributed by atoms with E-state index < -0.39 is 0 Å². The van der Waals surface area contributed by atoms with Gasteiger partial charge in [0, 0.05) is 13.1 Å². The van der Waals surface area contributed by atoms with Crippen LogP contribution in [0.4, 0.5) is 0 Å². The summed E-state index contributed by atoms with van der Waals surface area (Å²) in [6, 6.07) is 8.73. The van der Waals surface area contributed by atoms with Crippen molar-refractivity contribution in [3.05, 3.63) is 35.4 Å². The summed E-state index contributed by atoms with van der Waals surface area (Å²) in [4.78, 5) is 0. The molecule has 2 rings (SSSR count). The Balaban J connectivity index is 1.55. The molecular weight excluding hydrogens is 224 g/mol. The Morgan fingerprint density at radius 2 is 2.33 bits per heavy atom. The number of hydrogen-bond acceptors (Lipinski definition) is 3. The molecule has 18 heavy (non-hydrogen) atoms. The Labute approximate surface area is 110 Å². The van der Waals surface area contributed by atoms with Crippen LogP contribution in [0, 0.1) is 6.92 Å². The molecule has 0 radical (unpaired) electrons. The summed E-state index contributed by atoms with van der Waals surface area (Å²) >= 11 is 0. The molecule has 0 bridgehead atoms. The molecule has 1 aliphatic heterocycles. The van der Waals surface area contributed by atoms with E-state index >= 15 is 0 Å². The number of hydrogen-bond donors (Lipinski definition) is 2. The highest BCUT2D eigenvalue weighted by atomic mass is 16.5. The van der Waals surface area contributed by atoms with Crippen molar-refractivity contribution in [2.45, 2.75) is 25.9 Å². The van der Waals surface area contributed by atoms with Crippen LogP contribution >= 0.6 is 0 Å². The maximum Gasteiger partial charge on any atom is 0.0712 e. The van der Waals surface area contributed by atoms with Crippen LogP contribution in [0.25, 0.3) is 0 Å². The second-order valence-electron chi connectivity index (χ2n) is 4.97. The Kier molecular flexibility index (Phi) is 5.65. The van der Waals surface area contributed by atoms with Crippen LogP contribution < -0.4 is 10.6 Å². The molecule has 1 aromatic rings. The van der Waals surface area contributed by atoms with E-state index in [2.05, 4.69) is 41.8 Å². The summed E-state index contributed by atoms with van der Waals surface area (Å²) in [5, 5.41) is 6.85. The molecule has 3 heteroatoms. The van der Waals surface area contributed by atoms with E-state index in [1.807, 2.05) is 0 Å². The number of benzene rings is 1. The minimum atomic E-state index is 0.394. The number of nitrogens with one attached hydrogen (secondary N) is 2. The van der Waals surface area contributed by atoms with Crippen LogP contribution in [0.1, 0.15) is 17.5 Å². The van der Waals surface area contributed by atoms with Gasteiger partial charge in [-0.2, -0.15) is 0 Å². The predicted molar refractivity (Wildman–Crippen MR) is 75.0 cm³/mol. The van der Waals surface area contributed by atoms with Crippen LogP contribution in [0.2, 0.25) is 0 Å². The summed E-state index contributed by atoms with van der Waals surface area (Å²) < 4.78 is 5.66. The number of ether oxygens (including phenoxy) is 1. The second-order valence-corrected chi connectivity index (χ2v) is 4.97. The topological polar surface area (TPSA) is 33.3 Å². The third-order valence-electron chi connectivity index (χ3n) is 3.32. The highest BCUT2D eigenvalue weighted by Gasteiger charge is 2.11. The molecule has 100 valence electrons. The van der Waals surface area contributed by atoms with Crippen molar-refractivity contribution in [1.82, 2.24) is 10.6 Å². The van der Waals surface area contributed by atoms with Gasteiger partial charge in [0.25, 0.3) is 0 Å². The zero-order valence-electron chi connectivity index (χ0n) is 11.2. The van der Waals surface area contributed by atoms with E-state index in [1.54, 1.807) is 0 Å². The van der Waals surface area contributed by atoms with Crippen molar-refractivity contribution in [3.8, 4) is 0 Å². The van der Waals surface area contributed by atoms with E-state index in [-0.39, 0.29) is 0 Å². The lowest BCUT2D eigenvalue weighted by Gasteiger charge is -2.23. The van der Waals surface area contributed by atoms with Gasteiger partial charge in [-0.3, -0.25) is 0 Å². The van der Waals surface area contributed by atoms with E-state index in [1.165, 1.54) is 11.1 Å². The summed E-state index contributed by atoms with van der Waals surface area (Å²) in [5.41, 5.74) is 2.76. The fraction of sp³-hybridized carbons (Fsp3) is 0.600. The molecule has 3 nitrogen and oxygen atoms in total. The van der Waals surface area contributed by atoms with Gasteiger partial charge >= 0.3 is 0 Å². The summed E-state index contributed by atoms with van der Waals surface area (Å²) in [6.07, 6.45) is 2.59. The number of rotatable bonds is 6. The molecule has 1 aromatic carbocycles. The van der Waals surface area contributed by atoms with Crippen molar-refractivity contribution >= 4 is 0 Å². The molecule has 1 heterocycles. The Hall–Kier alpha value is -0.900. The van der Waals surface area contributed by atoms with Crippen molar-refractivity contribution < 1.29 is 4.74 Å². The summed E-state index contributed by atoms with van der Waals surface area (Å²) in [5.74, 6) is 0. The monoisotopic (exact) mass is 248 g/mol.